The highest BCUT2D eigenvalue weighted by atomic mass is 31.2. The van der Waals surface area contributed by atoms with Gasteiger partial charge in [-0.15, -0.1) is 0 Å². The van der Waals surface area contributed by atoms with E-state index < -0.39 is 58.4 Å². The Labute approximate surface area is 344 Å². The molecular formula is C46H75O10P. The lowest BCUT2D eigenvalue weighted by Crippen LogP contribution is -2.28. The van der Waals surface area contributed by atoms with E-state index in [9.17, 15) is 29.3 Å². The smallest absolute Gasteiger partial charge is 0.457 e. The molecule has 0 aliphatic rings. The zero-order valence-electron chi connectivity index (χ0n) is 35.0. The molecule has 0 spiro atoms. The fourth-order valence-electron chi connectivity index (χ4n) is 5.08. The number of ether oxygens (including phenoxy) is 2. The molecule has 0 rings (SSSR count). The zero-order valence-corrected chi connectivity index (χ0v) is 35.9. The van der Waals surface area contributed by atoms with E-state index in [1.54, 1.807) is 6.08 Å². The number of unbranched alkanes of at least 4 members (excludes halogenated alkanes) is 9. The maximum absolute atomic E-state index is 12.3. The number of rotatable bonds is 38. The van der Waals surface area contributed by atoms with Crippen molar-refractivity contribution < 1.29 is 47.8 Å². The number of hydrogen-bond donors (Lipinski definition) is 3. The third kappa shape index (κ3) is 39.5. The van der Waals surface area contributed by atoms with E-state index in [0.29, 0.717) is 12.8 Å². The molecule has 324 valence electrons. The Hall–Kier alpha value is -3.11. The second kappa shape index (κ2) is 41.1. The second-order valence-corrected chi connectivity index (χ2v) is 15.1. The van der Waals surface area contributed by atoms with Gasteiger partial charge in [0.1, 0.15) is 12.2 Å². The Bertz CT molecular complexity index is 1260. The number of phosphoric acid groups is 1. The van der Waals surface area contributed by atoms with Crippen molar-refractivity contribution in [2.75, 3.05) is 26.4 Å². The predicted molar refractivity (Wildman–Crippen MR) is 232 cm³/mol. The molecule has 3 atom stereocenters. The van der Waals surface area contributed by atoms with Crippen LogP contribution in [0.25, 0.3) is 0 Å². The third-order valence-corrected chi connectivity index (χ3v) is 9.26. The van der Waals surface area contributed by atoms with Gasteiger partial charge < -0.3 is 24.6 Å². The van der Waals surface area contributed by atoms with Crippen molar-refractivity contribution in [2.24, 2.45) is 0 Å². The number of carbonyl (C=O) groups is 2. The van der Waals surface area contributed by atoms with E-state index in [2.05, 4.69) is 86.8 Å². The van der Waals surface area contributed by atoms with Crippen molar-refractivity contribution in [2.45, 2.75) is 154 Å². The summed E-state index contributed by atoms with van der Waals surface area (Å²) in [6, 6.07) is 0. The molecule has 0 saturated heterocycles. The van der Waals surface area contributed by atoms with Gasteiger partial charge in [-0.3, -0.25) is 18.6 Å². The van der Waals surface area contributed by atoms with Gasteiger partial charge in [0.05, 0.1) is 32.8 Å². The fraction of sp³-hybridized carbons (Fsp3) is 0.609. The molecule has 57 heavy (non-hydrogen) atoms. The maximum atomic E-state index is 12.3. The minimum Gasteiger partial charge on any atom is -0.457 e. The molecular weight excluding hydrogens is 743 g/mol. The van der Waals surface area contributed by atoms with Crippen LogP contribution in [-0.4, -0.2) is 65.7 Å². The summed E-state index contributed by atoms with van der Waals surface area (Å²) in [4.78, 5) is 34.4. The predicted octanol–water partition coefficient (Wildman–Crippen LogP) is 11.2. The quantitative estimate of drug-likeness (QED) is 0.0238. The molecule has 0 radical (unpaired) electrons. The summed E-state index contributed by atoms with van der Waals surface area (Å²) >= 11 is 0. The topological polar surface area (TPSA) is 149 Å². The van der Waals surface area contributed by atoms with Gasteiger partial charge in [-0.1, -0.05) is 150 Å². The molecule has 0 aromatic carbocycles. The Morgan fingerprint density at radius 2 is 0.895 bits per heavy atom. The van der Waals surface area contributed by atoms with E-state index in [0.717, 1.165) is 77.0 Å². The number of allylic oxidation sites excluding steroid dienone is 15. The van der Waals surface area contributed by atoms with E-state index in [4.69, 9.17) is 18.5 Å². The SMILES string of the molecule is CC/C=C\C/C=C\C/C=C\C/C=C\C/C=C\CC(=O)OC(CO)COP(=O)(O)OCC(CO)OC(=O)CCCCCCCC/C=C\C/C=C\C/C=C\CCCCC. The number of esters is 2. The van der Waals surface area contributed by atoms with Crippen molar-refractivity contribution in [3.05, 3.63) is 97.2 Å². The summed E-state index contributed by atoms with van der Waals surface area (Å²) in [5.74, 6) is -1.17. The fourth-order valence-corrected chi connectivity index (χ4v) is 5.86. The van der Waals surface area contributed by atoms with E-state index >= 15 is 0 Å². The lowest BCUT2D eigenvalue weighted by molar-refractivity contribution is -0.153. The highest BCUT2D eigenvalue weighted by Crippen LogP contribution is 2.43. The molecule has 0 saturated carbocycles. The Kier molecular flexibility index (Phi) is 38.8. The molecule has 0 aromatic rings. The number of aliphatic hydroxyl groups excluding tert-OH is 2. The Morgan fingerprint density at radius 1 is 0.509 bits per heavy atom. The number of aliphatic hydroxyl groups is 2. The number of carbonyl (C=O) groups excluding carboxylic acids is 2. The van der Waals surface area contributed by atoms with Crippen molar-refractivity contribution in [1.29, 1.82) is 0 Å². The first-order chi connectivity index (χ1) is 27.8. The van der Waals surface area contributed by atoms with Gasteiger partial charge in [0.2, 0.25) is 0 Å². The summed E-state index contributed by atoms with van der Waals surface area (Å²) in [6.45, 7) is 1.91. The normalized spacial score (nSPS) is 14.8. The van der Waals surface area contributed by atoms with Gasteiger partial charge in [0, 0.05) is 6.42 Å². The summed E-state index contributed by atoms with van der Waals surface area (Å²) < 4.78 is 32.4. The molecule has 0 bridgehead atoms. The van der Waals surface area contributed by atoms with Crippen molar-refractivity contribution >= 4 is 19.8 Å². The van der Waals surface area contributed by atoms with E-state index in [1.807, 2.05) is 18.2 Å². The number of phosphoric ester groups is 1. The van der Waals surface area contributed by atoms with Crippen LogP contribution in [0, 0.1) is 0 Å². The van der Waals surface area contributed by atoms with Gasteiger partial charge >= 0.3 is 19.8 Å². The van der Waals surface area contributed by atoms with Gasteiger partial charge in [0.15, 0.2) is 0 Å². The average molecular weight is 819 g/mol. The Morgan fingerprint density at radius 3 is 1.35 bits per heavy atom. The summed E-state index contributed by atoms with van der Waals surface area (Å²) in [7, 11) is -4.67. The van der Waals surface area contributed by atoms with Crippen LogP contribution in [0.5, 0.6) is 0 Å². The van der Waals surface area contributed by atoms with Gasteiger partial charge in [-0.05, 0) is 77.0 Å². The third-order valence-electron chi connectivity index (χ3n) is 8.31. The molecule has 10 nitrogen and oxygen atoms in total. The van der Waals surface area contributed by atoms with E-state index in [-0.39, 0.29) is 12.8 Å². The molecule has 11 heteroatoms. The van der Waals surface area contributed by atoms with Gasteiger partial charge in [-0.25, -0.2) is 4.57 Å². The van der Waals surface area contributed by atoms with Crippen molar-refractivity contribution in [3.63, 3.8) is 0 Å². The van der Waals surface area contributed by atoms with Crippen LogP contribution < -0.4 is 0 Å². The lowest BCUT2D eigenvalue weighted by atomic mass is 10.1. The highest BCUT2D eigenvalue weighted by molar-refractivity contribution is 7.47. The van der Waals surface area contributed by atoms with Gasteiger partial charge in [0.25, 0.3) is 0 Å². The molecule has 0 aromatic heterocycles. The van der Waals surface area contributed by atoms with Crippen LogP contribution in [0.3, 0.4) is 0 Å². The first-order valence-electron chi connectivity index (χ1n) is 21.2. The molecule has 0 fully saturated rings. The molecule has 0 aliphatic carbocycles. The van der Waals surface area contributed by atoms with Gasteiger partial charge in [-0.2, -0.15) is 0 Å². The van der Waals surface area contributed by atoms with Crippen LogP contribution in [0.4, 0.5) is 0 Å². The molecule has 3 unspecified atom stereocenters. The van der Waals surface area contributed by atoms with Crippen LogP contribution in [0.1, 0.15) is 142 Å². The average Bonchev–Trinajstić information content (AvgIpc) is 3.20. The van der Waals surface area contributed by atoms with Crippen molar-refractivity contribution in [3.8, 4) is 0 Å². The van der Waals surface area contributed by atoms with Crippen molar-refractivity contribution in [1.82, 2.24) is 0 Å². The van der Waals surface area contributed by atoms with E-state index in [1.165, 1.54) is 25.7 Å². The molecule has 0 aliphatic heterocycles. The minimum atomic E-state index is -4.67. The Balaban J connectivity index is 4.07. The highest BCUT2D eigenvalue weighted by Gasteiger charge is 2.27. The number of hydrogen-bond acceptors (Lipinski definition) is 9. The molecule has 0 amide bonds. The maximum Gasteiger partial charge on any atom is 0.472 e. The summed E-state index contributed by atoms with van der Waals surface area (Å²) in [6.07, 6.45) is 49.8. The van der Waals surface area contributed by atoms with Crippen LogP contribution in [0.2, 0.25) is 0 Å². The lowest BCUT2D eigenvalue weighted by Gasteiger charge is -2.20. The first-order valence-corrected chi connectivity index (χ1v) is 22.7. The first kappa shape index (κ1) is 53.9. The molecule has 0 heterocycles. The minimum absolute atomic E-state index is 0.0464. The standard InChI is InChI=1S/C46H75O10P/c1-3-5-7-9-11-13-15-17-19-20-21-22-24-26-28-30-32-34-36-38-46(50)56-44(40-48)42-54-57(51,52)53-41-43(39-47)55-45(49)37-35-33-31-29-27-25-23-18-16-14-12-10-8-6-4-2/h6,8,11-14,17-19,21-23,27,29,33,35,43-44,47-48H,3-5,7,9-10,15-16,20,24-26,28,30-32,34,36-42H2,1-2H3,(H,51,52)/b8-6-,13-11-,14-12-,19-17-,22-21-,23-18-,29-27-,35-33-. The molecule has 3 N–H and O–H groups in total. The van der Waals surface area contributed by atoms with Crippen LogP contribution in [-0.2, 0) is 32.7 Å². The van der Waals surface area contributed by atoms with Crippen LogP contribution in [0.15, 0.2) is 97.2 Å². The summed E-state index contributed by atoms with van der Waals surface area (Å²) in [5, 5.41) is 19.1. The second-order valence-electron chi connectivity index (χ2n) is 13.6. The monoisotopic (exact) mass is 819 g/mol. The van der Waals surface area contributed by atoms with Crippen LogP contribution >= 0.6 is 7.82 Å². The largest absolute Gasteiger partial charge is 0.472 e. The zero-order chi connectivity index (χ0) is 41.9. The summed E-state index contributed by atoms with van der Waals surface area (Å²) in [5.41, 5.74) is 0.